The lowest BCUT2D eigenvalue weighted by Gasteiger charge is -2.25. The van der Waals surface area contributed by atoms with Gasteiger partial charge in [-0.05, 0) is 19.3 Å². The normalized spacial score (nSPS) is 15.7. The minimum atomic E-state index is -1.23. The molecule has 0 bridgehead atoms. The number of aromatic nitrogens is 1. The molecule has 2 N–H and O–H groups in total. The van der Waals surface area contributed by atoms with E-state index >= 15 is 0 Å². The molecule has 1 amide bonds. The summed E-state index contributed by atoms with van der Waals surface area (Å²) < 4.78 is 4.47. The van der Waals surface area contributed by atoms with Gasteiger partial charge >= 0.3 is 5.97 Å². The van der Waals surface area contributed by atoms with Crippen LogP contribution >= 0.6 is 0 Å². The lowest BCUT2D eigenvalue weighted by molar-refractivity contribution is 0.0650. The van der Waals surface area contributed by atoms with Gasteiger partial charge in [-0.1, -0.05) is 5.16 Å². The molecule has 0 spiro atoms. The minimum Gasteiger partial charge on any atom is -0.475 e. The highest BCUT2D eigenvalue weighted by atomic mass is 16.5. The second-order valence-electron chi connectivity index (χ2n) is 3.48. The fraction of sp³-hybridized carbons (Fsp3) is 0.444. The molecule has 0 aliphatic heterocycles. The van der Waals surface area contributed by atoms with Gasteiger partial charge in [0.15, 0.2) is 5.69 Å². The molecule has 1 aliphatic carbocycles. The van der Waals surface area contributed by atoms with Crippen molar-refractivity contribution in [1.82, 2.24) is 10.5 Å². The maximum absolute atomic E-state index is 11.5. The first-order chi connectivity index (χ1) is 7.16. The number of aromatic carboxylic acids is 1. The SMILES string of the molecule is O=C(NC1CCC1)c1cc(C(=O)O)on1. The van der Waals surface area contributed by atoms with Gasteiger partial charge in [0.25, 0.3) is 5.91 Å². The first-order valence-electron chi connectivity index (χ1n) is 4.67. The molecule has 0 saturated heterocycles. The van der Waals surface area contributed by atoms with Crippen molar-refractivity contribution in [1.29, 1.82) is 0 Å². The van der Waals surface area contributed by atoms with Crippen LogP contribution in [0.4, 0.5) is 0 Å². The number of nitrogens with zero attached hydrogens (tertiary/aromatic N) is 1. The Hall–Kier alpha value is -1.85. The fourth-order valence-electron chi connectivity index (χ4n) is 1.29. The van der Waals surface area contributed by atoms with Gasteiger partial charge in [0.05, 0.1) is 0 Å². The molecule has 6 nitrogen and oxygen atoms in total. The molecule has 0 unspecified atom stereocenters. The summed E-state index contributed by atoms with van der Waals surface area (Å²) in [6.45, 7) is 0. The summed E-state index contributed by atoms with van der Waals surface area (Å²) in [4.78, 5) is 21.9. The van der Waals surface area contributed by atoms with E-state index < -0.39 is 5.97 Å². The van der Waals surface area contributed by atoms with Crippen LogP contribution in [0.1, 0.15) is 40.3 Å². The Bertz CT molecular complexity index is 395. The first-order valence-corrected chi connectivity index (χ1v) is 4.67. The molecule has 15 heavy (non-hydrogen) atoms. The van der Waals surface area contributed by atoms with Gasteiger partial charge in [-0.15, -0.1) is 0 Å². The van der Waals surface area contributed by atoms with Crippen LogP contribution in [0.2, 0.25) is 0 Å². The third-order valence-corrected chi connectivity index (χ3v) is 2.39. The Morgan fingerprint density at radius 2 is 2.27 bits per heavy atom. The van der Waals surface area contributed by atoms with Crippen molar-refractivity contribution in [3.05, 3.63) is 17.5 Å². The summed E-state index contributed by atoms with van der Waals surface area (Å²) in [5.41, 5.74) is 0.0132. The van der Waals surface area contributed by atoms with E-state index in [9.17, 15) is 9.59 Å². The van der Waals surface area contributed by atoms with Gasteiger partial charge in [0.1, 0.15) is 0 Å². The maximum atomic E-state index is 11.5. The van der Waals surface area contributed by atoms with E-state index in [-0.39, 0.29) is 23.4 Å². The number of nitrogens with one attached hydrogen (secondary N) is 1. The number of carbonyl (C=O) groups is 2. The number of carboxylic acid groups (broad SMARTS) is 1. The molecule has 2 rings (SSSR count). The van der Waals surface area contributed by atoms with Gasteiger partial charge < -0.3 is 14.9 Å². The van der Waals surface area contributed by atoms with Crippen LogP contribution in [0.5, 0.6) is 0 Å². The molecule has 1 aromatic rings. The molecular weight excluding hydrogens is 200 g/mol. The van der Waals surface area contributed by atoms with Crippen LogP contribution in [0.15, 0.2) is 10.6 Å². The van der Waals surface area contributed by atoms with Gasteiger partial charge in [0, 0.05) is 12.1 Å². The Labute approximate surface area is 85.2 Å². The predicted octanol–water partition coefficient (Wildman–Crippen LogP) is 0.655. The second kappa shape index (κ2) is 3.72. The van der Waals surface area contributed by atoms with Crippen molar-refractivity contribution in [3.8, 4) is 0 Å². The highest BCUT2D eigenvalue weighted by Crippen LogP contribution is 2.18. The maximum Gasteiger partial charge on any atom is 0.374 e. The standard InChI is InChI=1S/C9H10N2O4/c12-8(10-5-2-1-3-5)6-4-7(9(13)14)15-11-6/h4-5H,1-3H2,(H,10,12)(H,13,14). The smallest absolute Gasteiger partial charge is 0.374 e. The van der Waals surface area contributed by atoms with Crippen molar-refractivity contribution in [2.75, 3.05) is 0 Å². The average Bonchev–Trinajstić information content (AvgIpc) is 2.59. The van der Waals surface area contributed by atoms with Crippen LogP contribution in [0.25, 0.3) is 0 Å². The molecule has 1 aromatic heterocycles. The summed E-state index contributed by atoms with van der Waals surface area (Å²) in [5, 5.41) is 14.7. The van der Waals surface area contributed by atoms with Crippen molar-refractivity contribution in [2.45, 2.75) is 25.3 Å². The number of carbonyl (C=O) groups excluding carboxylic acids is 1. The summed E-state index contributed by atoms with van der Waals surface area (Å²) in [6, 6.07) is 1.32. The number of hydrogen-bond donors (Lipinski definition) is 2. The van der Waals surface area contributed by atoms with Crippen molar-refractivity contribution < 1.29 is 19.2 Å². The number of rotatable bonds is 3. The van der Waals surface area contributed by atoms with E-state index in [4.69, 9.17) is 5.11 Å². The third kappa shape index (κ3) is 1.98. The minimum absolute atomic E-state index is 0.0132. The van der Waals surface area contributed by atoms with Crippen molar-refractivity contribution in [2.24, 2.45) is 0 Å². The average molecular weight is 210 g/mol. The summed E-state index contributed by atoms with van der Waals surface area (Å²) in [6.07, 6.45) is 3.05. The molecule has 0 atom stereocenters. The van der Waals surface area contributed by atoms with Crippen LogP contribution < -0.4 is 5.32 Å². The molecule has 0 radical (unpaired) electrons. The first kappa shape index (κ1) is 9.70. The number of amides is 1. The van der Waals surface area contributed by atoms with Gasteiger partial charge in [0.2, 0.25) is 5.76 Å². The Morgan fingerprint density at radius 3 is 2.73 bits per heavy atom. The molecule has 1 fully saturated rings. The molecule has 1 aliphatic rings. The predicted molar refractivity (Wildman–Crippen MR) is 48.6 cm³/mol. The van der Waals surface area contributed by atoms with Gasteiger partial charge in [-0.2, -0.15) is 0 Å². The van der Waals surface area contributed by atoms with Crippen molar-refractivity contribution >= 4 is 11.9 Å². The van der Waals surface area contributed by atoms with Crippen LogP contribution in [-0.4, -0.2) is 28.2 Å². The van der Waals surface area contributed by atoms with E-state index in [1.807, 2.05) is 0 Å². The number of hydrogen-bond acceptors (Lipinski definition) is 4. The van der Waals surface area contributed by atoms with E-state index in [0.29, 0.717) is 0 Å². The zero-order chi connectivity index (χ0) is 10.8. The summed E-state index contributed by atoms with van der Waals surface area (Å²) in [7, 11) is 0. The zero-order valence-corrected chi connectivity index (χ0v) is 7.90. The topological polar surface area (TPSA) is 92.4 Å². The van der Waals surface area contributed by atoms with Gasteiger partial charge in [-0.3, -0.25) is 4.79 Å². The Balaban J connectivity index is 2.01. The van der Waals surface area contributed by atoms with E-state index in [1.54, 1.807) is 0 Å². The Morgan fingerprint density at radius 1 is 1.53 bits per heavy atom. The lowest BCUT2D eigenvalue weighted by atomic mass is 9.93. The summed E-state index contributed by atoms with van der Waals surface area (Å²) >= 11 is 0. The summed E-state index contributed by atoms with van der Waals surface area (Å²) in [5.74, 6) is -1.94. The third-order valence-electron chi connectivity index (χ3n) is 2.39. The molecule has 0 aromatic carbocycles. The second-order valence-corrected chi connectivity index (χ2v) is 3.48. The highest BCUT2D eigenvalue weighted by molar-refractivity contribution is 5.94. The quantitative estimate of drug-likeness (QED) is 0.764. The zero-order valence-electron chi connectivity index (χ0n) is 7.90. The van der Waals surface area contributed by atoms with Gasteiger partial charge in [-0.25, -0.2) is 4.79 Å². The van der Waals surface area contributed by atoms with E-state index in [2.05, 4.69) is 15.0 Å². The van der Waals surface area contributed by atoms with E-state index in [1.165, 1.54) is 0 Å². The number of carboxylic acids is 1. The van der Waals surface area contributed by atoms with Crippen LogP contribution in [-0.2, 0) is 0 Å². The van der Waals surface area contributed by atoms with E-state index in [0.717, 1.165) is 25.3 Å². The van der Waals surface area contributed by atoms with Crippen LogP contribution in [0.3, 0.4) is 0 Å². The largest absolute Gasteiger partial charge is 0.475 e. The monoisotopic (exact) mass is 210 g/mol. The molecule has 1 saturated carbocycles. The Kier molecular flexibility index (Phi) is 2.40. The molecule has 6 heteroatoms. The lowest BCUT2D eigenvalue weighted by Crippen LogP contribution is -2.39. The molecule has 1 heterocycles. The molecule has 80 valence electrons. The molecular formula is C9H10N2O4. The van der Waals surface area contributed by atoms with Crippen LogP contribution in [0, 0.1) is 0 Å². The van der Waals surface area contributed by atoms with Crippen molar-refractivity contribution in [3.63, 3.8) is 0 Å². The highest BCUT2D eigenvalue weighted by Gasteiger charge is 2.22. The fourth-order valence-corrected chi connectivity index (χ4v) is 1.29.